The Morgan fingerprint density at radius 3 is 2.72 bits per heavy atom. The van der Waals surface area contributed by atoms with Gasteiger partial charge in [-0.2, -0.15) is 0 Å². The molecular weight excluding hydrogens is 234 g/mol. The van der Waals surface area contributed by atoms with Crippen molar-refractivity contribution in [1.82, 2.24) is 4.98 Å². The number of amides is 1. The van der Waals surface area contributed by atoms with Crippen LogP contribution in [-0.4, -0.2) is 34.6 Å². The lowest BCUT2D eigenvalue weighted by atomic mass is 10.1. The van der Waals surface area contributed by atoms with Gasteiger partial charge < -0.3 is 15.7 Å². The van der Waals surface area contributed by atoms with Gasteiger partial charge in [-0.1, -0.05) is 0 Å². The first-order chi connectivity index (χ1) is 8.45. The molecule has 0 bridgehead atoms. The third-order valence-corrected chi connectivity index (χ3v) is 2.67. The summed E-state index contributed by atoms with van der Waals surface area (Å²) in [6, 6.07) is 3.13. The number of aliphatic carboxylic acids is 1. The van der Waals surface area contributed by atoms with Crippen molar-refractivity contribution in [2.45, 2.75) is 26.3 Å². The van der Waals surface area contributed by atoms with E-state index in [1.165, 1.54) is 6.20 Å². The molecule has 0 saturated carbocycles. The van der Waals surface area contributed by atoms with Crippen LogP contribution < -0.4 is 10.6 Å². The standard InChI is InChI=1S/C12H17N3O3/c1-3-15(8(2)6-11(16)17)9-4-5-14-10(7-9)12(13)18/h4-5,7-8H,3,6H2,1-2H3,(H2,13,18)(H,16,17). The molecule has 0 radical (unpaired) electrons. The molecule has 0 aliphatic carbocycles. The van der Waals surface area contributed by atoms with E-state index in [1.54, 1.807) is 12.1 Å². The average Bonchev–Trinajstić information content (AvgIpc) is 2.29. The summed E-state index contributed by atoms with van der Waals surface area (Å²) < 4.78 is 0. The first kappa shape index (κ1) is 14.0. The van der Waals surface area contributed by atoms with Crippen molar-refractivity contribution in [2.24, 2.45) is 5.73 Å². The number of pyridine rings is 1. The highest BCUT2D eigenvalue weighted by atomic mass is 16.4. The third-order valence-electron chi connectivity index (χ3n) is 2.67. The van der Waals surface area contributed by atoms with E-state index in [2.05, 4.69) is 4.98 Å². The first-order valence-corrected chi connectivity index (χ1v) is 5.70. The zero-order chi connectivity index (χ0) is 13.7. The zero-order valence-corrected chi connectivity index (χ0v) is 10.5. The molecule has 1 rings (SSSR count). The normalized spacial score (nSPS) is 11.9. The largest absolute Gasteiger partial charge is 0.481 e. The Morgan fingerprint density at radius 2 is 2.22 bits per heavy atom. The third kappa shape index (κ3) is 3.44. The van der Waals surface area contributed by atoms with Crippen LogP contribution >= 0.6 is 0 Å². The van der Waals surface area contributed by atoms with Gasteiger partial charge in [0.25, 0.3) is 5.91 Å². The molecule has 0 aliphatic heterocycles. The van der Waals surface area contributed by atoms with Gasteiger partial charge in [0.2, 0.25) is 0 Å². The molecule has 1 unspecified atom stereocenters. The highest BCUT2D eigenvalue weighted by Gasteiger charge is 2.17. The molecular formula is C12H17N3O3. The van der Waals surface area contributed by atoms with Gasteiger partial charge in [0.15, 0.2) is 0 Å². The second kappa shape index (κ2) is 6.00. The van der Waals surface area contributed by atoms with Crippen molar-refractivity contribution >= 4 is 17.6 Å². The Balaban J connectivity index is 2.97. The number of primary amides is 1. The number of carboxylic acid groups (broad SMARTS) is 1. The summed E-state index contributed by atoms with van der Waals surface area (Å²) in [5, 5.41) is 8.80. The molecule has 1 aromatic rings. The molecule has 0 aliphatic rings. The smallest absolute Gasteiger partial charge is 0.305 e. The fraction of sp³-hybridized carbons (Fsp3) is 0.417. The second-order valence-electron chi connectivity index (χ2n) is 4.00. The van der Waals surface area contributed by atoms with Crippen molar-refractivity contribution in [1.29, 1.82) is 0 Å². The van der Waals surface area contributed by atoms with Crippen LogP contribution in [-0.2, 0) is 4.79 Å². The first-order valence-electron chi connectivity index (χ1n) is 5.70. The fourth-order valence-corrected chi connectivity index (χ4v) is 1.84. The fourth-order valence-electron chi connectivity index (χ4n) is 1.84. The molecule has 0 spiro atoms. The minimum atomic E-state index is -0.856. The predicted octanol–water partition coefficient (Wildman–Crippen LogP) is 0.870. The molecule has 1 atom stereocenters. The summed E-state index contributed by atoms with van der Waals surface area (Å²) in [4.78, 5) is 27.5. The van der Waals surface area contributed by atoms with Crippen molar-refractivity contribution in [3.63, 3.8) is 0 Å². The Kier molecular flexibility index (Phi) is 4.65. The van der Waals surface area contributed by atoms with E-state index in [9.17, 15) is 9.59 Å². The molecule has 0 saturated heterocycles. The van der Waals surface area contributed by atoms with Crippen LogP contribution in [0.4, 0.5) is 5.69 Å². The predicted molar refractivity (Wildman–Crippen MR) is 67.5 cm³/mol. The Hall–Kier alpha value is -2.11. The monoisotopic (exact) mass is 251 g/mol. The second-order valence-corrected chi connectivity index (χ2v) is 4.00. The van der Waals surface area contributed by atoms with Gasteiger partial charge in [-0.05, 0) is 26.0 Å². The van der Waals surface area contributed by atoms with Gasteiger partial charge in [0.05, 0.1) is 6.42 Å². The maximum Gasteiger partial charge on any atom is 0.305 e. The number of hydrogen-bond acceptors (Lipinski definition) is 4. The topological polar surface area (TPSA) is 96.5 Å². The Labute approximate surface area is 105 Å². The van der Waals surface area contributed by atoms with Gasteiger partial charge in [0, 0.05) is 24.5 Å². The number of anilines is 1. The number of carbonyl (C=O) groups is 2. The van der Waals surface area contributed by atoms with Crippen LogP contribution in [0.15, 0.2) is 18.3 Å². The summed E-state index contributed by atoms with van der Waals surface area (Å²) in [5.74, 6) is -1.45. The average molecular weight is 251 g/mol. The lowest BCUT2D eigenvalue weighted by Gasteiger charge is -2.29. The highest BCUT2D eigenvalue weighted by Crippen LogP contribution is 2.18. The summed E-state index contributed by atoms with van der Waals surface area (Å²) in [6.07, 6.45) is 1.52. The van der Waals surface area contributed by atoms with Crippen molar-refractivity contribution < 1.29 is 14.7 Å². The number of carbonyl (C=O) groups excluding carboxylic acids is 1. The van der Waals surface area contributed by atoms with Gasteiger partial charge >= 0.3 is 5.97 Å². The van der Waals surface area contributed by atoms with Crippen molar-refractivity contribution in [3.8, 4) is 0 Å². The number of nitrogens with two attached hydrogens (primary N) is 1. The molecule has 6 nitrogen and oxygen atoms in total. The van der Waals surface area contributed by atoms with E-state index < -0.39 is 11.9 Å². The van der Waals surface area contributed by atoms with Crippen molar-refractivity contribution in [3.05, 3.63) is 24.0 Å². The van der Waals surface area contributed by atoms with Crippen LogP contribution in [0.2, 0.25) is 0 Å². The molecule has 1 aromatic heterocycles. The zero-order valence-electron chi connectivity index (χ0n) is 10.5. The van der Waals surface area contributed by atoms with E-state index in [-0.39, 0.29) is 18.2 Å². The van der Waals surface area contributed by atoms with E-state index >= 15 is 0 Å². The molecule has 3 N–H and O–H groups in total. The minimum absolute atomic E-state index is 0.0298. The summed E-state index contributed by atoms with van der Waals surface area (Å²) in [5.41, 5.74) is 6.09. The number of nitrogens with zero attached hydrogens (tertiary/aromatic N) is 2. The Morgan fingerprint density at radius 1 is 1.56 bits per heavy atom. The van der Waals surface area contributed by atoms with Gasteiger partial charge in [0.1, 0.15) is 5.69 Å². The lowest BCUT2D eigenvalue weighted by Crippen LogP contribution is -2.34. The molecule has 0 aromatic carbocycles. The number of rotatable bonds is 6. The van der Waals surface area contributed by atoms with Crippen LogP contribution in [0.25, 0.3) is 0 Å². The Bertz CT molecular complexity index is 448. The molecule has 18 heavy (non-hydrogen) atoms. The molecule has 6 heteroatoms. The molecule has 98 valence electrons. The lowest BCUT2D eigenvalue weighted by molar-refractivity contribution is -0.137. The SMILES string of the molecule is CCN(c1ccnc(C(N)=O)c1)C(C)CC(=O)O. The van der Waals surface area contributed by atoms with Crippen LogP contribution in [0.3, 0.4) is 0 Å². The highest BCUT2D eigenvalue weighted by molar-refractivity contribution is 5.91. The van der Waals surface area contributed by atoms with E-state index in [0.29, 0.717) is 6.54 Å². The molecule has 0 fully saturated rings. The molecule has 1 heterocycles. The van der Waals surface area contributed by atoms with Gasteiger partial charge in [-0.15, -0.1) is 0 Å². The summed E-state index contributed by atoms with van der Waals surface area (Å²) >= 11 is 0. The summed E-state index contributed by atoms with van der Waals surface area (Å²) in [7, 11) is 0. The number of aromatic nitrogens is 1. The van der Waals surface area contributed by atoms with E-state index in [0.717, 1.165) is 5.69 Å². The van der Waals surface area contributed by atoms with Crippen LogP contribution in [0, 0.1) is 0 Å². The van der Waals surface area contributed by atoms with Gasteiger partial charge in [-0.3, -0.25) is 14.6 Å². The maximum absolute atomic E-state index is 11.1. The van der Waals surface area contributed by atoms with Crippen LogP contribution in [0.5, 0.6) is 0 Å². The number of hydrogen-bond donors (Lipinski definition) is 2. The quantitative estimate of drug-likeness (QED) is 0.782. The van der Waals surface area contributed by atoms with E-state index in [1.807, 2.05) is 18.7 Å². The minimum Gasteiger partial charge on any atom is -0.481 e. The maximum atomic E-state index is 11.1. The number of carboxylic acids is 1. The van der Waals surface area contributed by atoms with E-state index in [4.69, 9.17) is 10.8 Å². The van der Waals surface area contributed by atoms with Crippen LogP contribution in [0.1, 0.15) is 30.8 Å². The van der Waals surface area contributed by atoms with Crippen molar-refractivity contribution in [2.75, 3.05) is 11.4 Å². The van der Waals surface area contributed by atoms with Gasteiger partial charge in [-0.25, -0.2) is 0 Å². The summed E-state index contributed by atoms with van der Waals surface area (Å²) in [6.45, 7) is 4.38. The molecule has 1 amide bonds.